The Hall–Kier alpha value is -0.0800. The molecule has 11 heavy (non-hydrogen) atoms. The third-order valence-corrected chi connectivity index (χ3v) is 3.34. The number of halogens is 1. The summed E-state index contributed by atoms with van der Waals surface area (Å²) in [7, 11) is 0. The van der Waals surface area contributed by atoms with Crippen LogP contribution in [0.25, 0.3) is 6.08 Å². The van der Waals surface area contributed by atoms with E-state index in [4.69, 9.17) is 0 Å². The lowest BCUT2D eigenvalue weighted by molar-refractivity contribution is 1.45. The lowest BCUT2D eigenvalue weighted by Gasteiger charge is -1.93. The van der Waals surface area contributed by atoms with Crippen LogP contribution in [0.1, 0.15) is 17.4 Å². The van der Waals surface area contributed by atoms with E-state index < -0.39 is 0 Å². The fourth-order valence-electron chi connectivity index (χ4n) is 0.795. The predicted octanol–water partition coefficient (Wildman–Crippen LogP) is 3.85. The number of aryl methyl sites for hydroxylation is 1. The summed E-state index contributed by atoms with van der Waals surface area (Å²) in [5, 5.41) is 3.09. The van der Waals surface area contributed by atoms with Crippen LogP contribution in [-0.2, 0) is 0 Å². The monoisotopic (exact) mass is 230 g/mol. The second-order valence-corrected chi connectivity index (χ2v) is 4.10. The quantitative estimate of drug-likeness (QED) is 0.678. The van der Waals surface area contributed by atoms with Gasteiger partial charge in [-0.25, -0.2) is 0 Å². The van der Waals surface area contributed by atoms with Crippen LogP contribution in [0.4, 0.5) is 0 Å². The number of hydrogen-bond donors (Lipinski definition) is 0. The molecule has 0 nitrogen and oxygen atoms in total. The van der Waals surface area contributed by atoms with Gasteiger partial charge in [0.2, 0.25) is 0 Å². The Morgan fingerprint density at radius 3 is 2.91 bits per heavy atom. The number of thiophene rings is 1. The SMILES string of the molecule is CC(=Cc1sccc1C)CBr. The molecular formula is C9H11BrS. The van der Waals surface area contributed by atoms with Crippen LogP contribution in [0.15, 0.2) is 17.0 Å². The van der Waals surface area contributed by atoms with Crippen molar-refractivity contribution >= 4 is 33.3 Å². The molecule has 0 N–H and O–H groups in total. The zero-order valence-electron chi connectivity index (χ0n) is 6.73. The van der Waals surface area contributed by atoms with Crippen LogP contribution in [0.3, 0.4) is 0 Å². The minimum Gasteiger partial charge on any atom is -0.144 e. The molecule has 0 aliphatic carbocycles. The molecule has 60 valence electrons. The largest absolute Gasteiger partial charge is 0.144 e. The molecule has 1 aromatic heterocycles. The first-order valence-electron chi connectivity index (χ1n) is 3.51. The van der Waals surface area contributed by atoms with Crippen LogP contribution >= 0.6 is 27.3 Å². The molecule has 0 atom stereocenters. The first-order valence-corrected chi connectivity index (χ1v) is 5.51. The molecule has 0 saturated carbocycles. The maximum Gasteiger partial charge on any atom is 0.0299 e. The van der Waals surface area contributed by atoms with Gasteiger partial charge in [0.1, 0.15) is 0 Å². The summed E-state index contributed by atoms with van der Waals surface area (Å²) in [6, 6.07) is 2.15. The highest BCUT2D eigenvalue weighted by molar-refractivity contribution is 9.09. The molecule has 0 bridgehead atoms. The lowest BCUT2D eigenvalue weighted by Crippen LogP contribution is -1.75. The third-order valence-electron chi connectivity index (χ3n) is 1.49. The summed E-state index contributed by atoms with van der Waals surface area (Å²) in [4.78, 5) is 1.38. The minimum absolute atomic E-state index is 0.963. The van der Waals surface area contributed by atoms with Crippen molar-refractivity contribution in [3.05, 3.63) is 27.5 Å². The predicted molar refractivity (Wildman–Crippen MR) is 56.5 cm³/mol. The van der Waals surface area contributed by atoms with Gasteiger partial charge < -0.3 is 0 Å². The van der Waals surface area contributed by atoms with E-state index in [1.807, 2.05) is 0 Å². The van der Waals surface area contributed by atoms with Crippen molar-refractivity contribution < 1.29 is 0 Å². The molecular weight excluding hydrogens is 220 g/mol. The van der Waals surface area contributed by atoms with E-state index in [1.54, 1.807) is 11.3 Å². The van der Waals surface area contributed by atoms with Crippen molar-refractivity contribution in [1.29, 1.82) is 0 Å². The smallest absolute Gasteiger partial charge is 0.0299 e. The Morgan fingerprint density at radius 1 is 1.73 bits per heavy atom. The molecule has 1 rings (SSSR count). The van der Waals surface area contributed by atoms with Crippen molar-refractivity contribution in [3.8, 4) is 0 Å². The van der Waals surface area contributed by atoms with Crippen LogP contribution in [0.5, 0.6) is 0 Å². The van der Waals surface area contributed by atoms with E-state index in [9.17, 15) is 0 Å². The fraction of sp³-hybridized carbons (Fsp3) is 0.333. The van der Waals surface area contributed by atoms with Crippen LogP contribution < -0.4 is 0 Å². The van der Waals surface area contributed by atoms with Gasteiger partial charge in [-0.3, -0.25) is 0 Å². The summed E-state index contributed by atoms with van der Waals surface area (Å²) < 4.78 is 0. The van der Waals surface area contributed by atoms with Gasteiger partial charge in [0.25, 0.3) is 0 Å². The molecule has 0 aliphatic heterocycles. The average molecular weight is 231 g/mol. The molecule has 0 aromatic carbocycles. The second-order valence-electron chi connectivity index (χ2n) is 2.59. The number of rotatable bonds is 2. The molecule has 1 heterocycles. The molecule has 2 heteroatoms. The van der Waals surface area contributed by atoms with Gasteiger partial charge in [-0.05, 0) is 36.9 Å². The molecule has 0 unspecified atom stereocenters. The highest BCUT2D eigenvalue weighted by Crippen LogP contribution is 2.19. The van der Waals surface area contributed by atoms with E-state index >= 15 is 0 Å². The zero-order chi connectivity index (χ0) is 8.27. The number of alkyl halides is 1. The van der Waals surface area contributed by atoms with Gasteiger partial charge in [0, 0.05) is 10.2 Å². The van der Waals surface area contributed by atoms with Crippen molar-refractivity contribution in [1.82, 2.24) is 0 Å². The molecule has 0 spiro atoms. The highest BCUT2D eigenvalue weighted by Gasteiger charge is 1.95. The maximum absolute atomic E-state index is 3.42. The van der Waals surface area contributed by atoms with Gasteiger partial charge in [-0.1, -0.05) is 21.5 Å². The topological polar surface area (TPSA) is 0 Å². The van der Waals surface area contributed by atoms with Crippen LogP contribution in [0.2, 0.25) is 0 Å². The Bertz CT molecular complexity index is 260. The average Bonchev–Trinajstić information content (AvgIpc) is 2.37. The van der Waals surface area contributed by atoms with Crippen LogP contribution in [-0.4, -0.2) is 5.33 Å². The lowest BCUT2D eigenvalue weighted by atomic mass is 10.2. The van der Waals surface area contributed by atoms with Gasteiger partial charge >= 0.3 is 0 Å². The molecule has 1 aromatic rings. The molecule has 0 radical (unpaired) electrons. The zero-order valence-corrected chi connectivity index (χ0v) is 9.13. The Balaban J connectivity index is 2.86. The van der Waals surface area contributed by atoms with Crippen molar-refractivity contribution in [3.63, 3.8) is 0 Å². The van der Waals surface area contributed by atoms with Gasteiger partial charge in [-0.2, -0.15) is 0 Å². The summed E-state index contributed by atoms with van der Waals surface area (Å²) in [5.74, 6) is 0. The molecule has 0 aliphatic rings. The van der Waals surface area contributed by atoms with Gasteiger partial charge in [0.05, 0.1) is 0 Å². The van der Waals surface area contributed by atoms with E-state index in [-0.39, 0.29) is 0 Å². The summed E-state index contributed by atoms with van der Waals surface area (Å²) in [5.41, 5.74) is 2.74. The second kappa shape index (κ2) is 4.07. The van der Waals surface area contributed by atoms with E-state index in [0.717, 1.165) is 5.33 Å². The van der Waals surface area contributed by atoms with Crippen LogP contribution in [0, 0.1) is 6.92 Å². The Morgan fingerprint density at radius 2 is 2.45 bits per heavy atom. The minimum atomic E-state index is 0.963. The normalized spacial score (nSPS) is 12.1. The van der Waals surface area contributed by atoms with E-state index in [0.29, 0.717) is 0 Å². The van der Waals surface area contributed by atoms with Gasteiger partial charge in [0.15, 0.2) is 0 Å². The summed E-state index contributed by atoms with van der Waals surface area (Å²) in [6.07, 6.45) is 2.23. The summed E-state index contributed by atoms with van der Waals surface area (Å²) in [6.45, 7) is 4.28. The standard InChI is InChI=1S/C9H11BrS/c1-7(6-10)5-9-8(2)3-4-11-9/h3-5H,6H2,1-2H3. The number of allylic oxidation sites excluding steroid dienone is 1. The van der Waals surface area contributed by atoms with Crippen molar-refractivity contribution in [2.45, 2.75) is 13.8 Å². The summed E-state index contributed by atoms with van der Waals surface area (Å²) >= 11 is 5.22. The maximum atomic E-state index is 3.42. The van der Waals surface area contributed by atoms with Crippen molar-refractivity contribution in [2.24, 2.45) is 0 Å². The van der Waals surface area contributed by atoms with Crippen molar-refractivity contribution in [2.75, 3.05) is 5.33 Å². The first kappa shape index (κ1) is 9.01. The van der Waals surface area contributed by atoms with Gasteiger partial charge in [-0.15, -0.1) is 11.3 Å². The molecule has 0 fully saturated rings. The van der Waals surface area contributed by atoms with E-state index in [2.05, 4.69) is 47.3 Å². The first-order chi connectivity index (χ1) is 5.24. The third kappa shape index (κ3) is 2.46. The Kier molecular flexibility index (Phi) is 3.34. The molecule has 0 saturated heterocycles. The number of hydrogen-bond acceptors (Lipinski definition) is 1. The highest BCUT2D eigenvalue weighted by atomic mass is 79.9. The Labute approximate surface area is 80.1 Å². The molecule has 0 amide bonds. The van der Waals surface area contributed by atoms with E-state index in [1.165, 1.54) is 16.0 Å². The fourth-order valence-corrected chi connectivity index (χ4v) is 1.90.